The number of rotatable bonds is 5. The van der Waals surface area contributed by atoms with Crippen LogP contribution in [0.25, 0.3) is 0 Å². The maximum atomic E-state index is 3.84. The van der Waals surface area contributed by atoms with Gasteiger partial charge in [-0.3, -0.25) is 0 Å². The highest BCUT2D eigenvalue weighted by Crippen LogP contribution is 2.10. The highest BCUT2D eigenvalue weighted by Gasteiger charge is 2.05. The van der Waals surface area contributed by atoms with E-state index < -0.39 is 8.80 Å². The van der Waals surface area contributed by atoms with Gasteiger partial charge in [0.25, 0.3) is 0 Å². The third-order valence-corrected chi connectivity index (χ3v) is 4.47. The molecule has 1 aromatic carbocycles. The van der Waals surface area contributed by atoms with Crippen LogP contribution >= 0.6 is 0 Å². The second kappa shape index (κ2) is 5.45. The quantitative estimate of drug-likeness (QED) is 0.664. The summed E-state index contributed by atoms with van der Waals surface area (Å²) in [5.74, 6) is 0. The first-order valence-electron chi connectivity index (χ1n) is 4.79. The van der Waals surface area contributed by atoms with Crippen LogP contribution < -0.4 is 4.90 Å². The van der Waals surface area contributed by atoms with Crippen LogP contribution in [0.5, 0.6) is 0 Å². The number of nitrogens with zero attached hydrogens (tertiary/aromatic N) is 1. The number of benzene rings is 1. The molecule has 74 valence electrons. The molecule has 0 amide bonds. The normalized spacial score (nSPS) is 9.86. The number of hydrogen-bond donors (Lipinski definition) is 0. The number of para-hydroxylation sites is 1. The van der Waals surface area contributed by atoms with Crippen molar-refractivity contribution < 1.29 is 0 Å². The van der Waals surface area contributed by atoms with Gasteiger partial charge >= 0.3 is 0 Å². The summed E-state index contributed by atoms with van der Waals surface area (Å²) in [4.78, 5) is 2.26. The molecular weight excluding hydrogens is 186 g/mol. The van der Waals surface area contributed by atoms with Crippen LogP contribution in [-0.4, -0.2) is 22.0 Å². The Bertz CT molecular complexity index is 286. The first kappa shape index (κ1) is 10.8. The molecule has 0 aliphatic carbocycles. The van der Waals surface area contributed by atoms with Gasteiger partial charge in [-0.1, -0.05) is 29.6 Å². The minimum atomic E-state index is -0.966. The fraction of sp³-hybridized carbons (Fsp3) is 0.167. The van der Waals surface area contributed by atoms with Gasteiger partial charge in [0.1, 0.15) is 8.80 Å². The molecule has 0 fully saturated rings. The Hall–Kier alpha value is -1.28. The van der Waals surface area contributed by atoms with Crippen molar-refractivity contribution in [3.05, 3.63) is 54.9 Å². The van der Waals surface area contributed by atoms with E-state index in [-0.39, 0.29) is 0 Å². The molecule has 0 saturated carbocycles. The van der Waals surface area contributed by atoms with Gasteiger partial charge in [0.05, 0.1) is 0 Å². The first-order chi connectivity index (χ1) is 6.77. The standard InChI is InChI=1S/C12H17NSi/c1-4-14(5-2)11-13(3)12-9-7-6-8-10-12/h4-10,14H,1-2,11H2,3H3. The van der Waals surface area contributed by atoms with Gasteiger partial charge in [-0.25, -0.2) is 0 Å². The topological polar surface area (TPSA) is 3.24 Å². The Morgan fingerprint density at radius 1 is 1.21 bits per heavy atom. The van der Waals surface area contributed by atoms with E-state index in [0.717, 1.165) is 6.17 Å². The van der Waals surface area contributed by atoms with E-state index in [9.17, 15) is 0 Å². The summed E-state index contributed by atoms with van der Waals surface area (Å²) >= 11 is 0. The van der Waals surface area contributed by atoms with Crippen molar-refractivity contribution in [1.82, 2.24) is 0 Å². The third-order valence-electron chi connectivity index (χ3n) is 2.29. The second-order valence-electron chi connectivity index (χ2n) is 3.35. The van der Waals surface area contributed by atoms with Crippen LogP contribution in [0.2, 0.25) is 0 Å². The van der Waals surface area contributed by atoms with Gasteiger partial charge in [0.15, 0.2) is 0 Å². The second-order valence-corrected chi connectivity index (χ2v) is 5.99. The molecule has 0 N–H and O–H groups in total. The van der Waals surface area contributed by atoms with E-state index in [1.807, 2.05) is 6.07 Å². The summed E-state index contributed by atoms with van der Waals surface area (Å²) in [6.07, 6.45) is 1.07. The van der Waals surface area contributed by atoms with Crippen molar-refractivity contribution in [2.24, 2.45) is 0 Å². The molecule has 0 heterocycles. The van der Waals surface area contributed by atoms with Crippen molar-refractivity contribution >= 4 is 14.5 Å². The van der Waals surface area contributed by atoms with E-state index in [4.69, 9.17) is 0 Å². The predicted octanol–water partition coefficient (Wildman–Crippen LogP) is 2.34. The summed E-state index contributed by atoms with van der Waals surface area (Å²) in [6, 6.07) is 10.4. The average Bonchev–Trinajstić information content (AvgIpc) is 2.26. The van der Waals surface area contributed by atoms with Crippen molar-refractivity contribution in [2.75, 3.05) is 18.1 Å². The molecule has 0 bridgehead atoms. The third kappa shape index (κ3) is 2.89. The molecule has 1 rings (SSSR count). The molecule has 0 spiro atoms. The molecule has 0 aliphatic heterocycles. The Labute approximate surface area is 88.0 Å². The number of hydrogen-bond acceptors (Lipinski definition) is 1. The van der Waals surface area contributed by atoms with Gasteiger partial charge in [-0.2, -0.15) is 0 Å². The van der Waals surface area contributed by atoms with E-state index in [1.165, 1.54) is 5.69 Å². The van der Waals surface area contributed by atoms with Gasteiger partial charge in [-0.05, 0) is 12.1 Å². The fourth-order valence-electron chi connectivity index (χ4n) is 1.35. The maximum absolute atomic E-state index is 3.84. The van der Waals surface area contributed by atoms with Crippen molar-refractivity contribution in [3.8, 4) is 0 Å². The zero-order valence-corrected chi connectivity index (χ0v) is 9.84. The maximum Gasteiger partial charge on any atom is 0.105 e. The summed E-state index contributed by atoms with van der Waals surface area (Å²) in [5.41, 5.74) is 5.38. The molecule has 0 unspecified atom stereocenters. The van der Waals surface area contributed by atoms with Crippen LogP contribution in [0, 0.1) is 0 Å². The summed E-state index contributed by atoms with van der Waals surface area (Å²) in [5, 5.41) is 0. The molecule has 0 saturated heterocycles. The van der Waals surface area contributed by atoms with Crippen molar-refractivity contribution in [2.45, 2.75) is 0 Å². The monoisotopic (exact) mass is 203 g/mol. The largest absolute Gasteiger partial charge is 0.377 e. The highest BCUT2D eigenvalue weighted by atomic mass is 28.3. The molecule has 2 heteroatoms. The highest BCUT2D eigenvalue weighted by molar-refractivity contribution is 6.69. The molecule has 0 aromatic heterocycles. The zero-order valence-electron chi connectivity index (χ0n) is 8.69. The van der Waals surface area contributed by atoms with E-state index >= 15 is 0 Å². The van der Waals surface area contributed by atoms with E-state index in [0.29, 0.717) is 0 Å². The smallest absolute Gasteiger partial charge is 0.105 e. The predicted molar refractivity (Wildman–Crippen MR) is 67.3 cm³/mol. The van der Waals surface area contributed by atoms with Gasteiger partial charge in [0.2, 0.25) is 0 Å². The summed E-state index contributed by atoms with van der Waals surface area (Å²) < 4.78 is 0. The lowest BCUT2D eigenvalue weighted by atomic mass is 10.3. The van der Waals surface area contributed by atoms with Crippen LogP contribution in [0.15, 0.2) is 54.9 Å². The van der Waals surface area contributed by atoms with Gasteiger partial charge in [-0.15, -0.1) is 13.2 Å². The zero-order chi connectivity index (χ0) is 10.4. The Morgan fingerprint density at radius 2 is 1.79 bits per heavy atom. The lowest BCUT2D eigenvalue weighted by Gasteiger charge is -2.21. The average molecular weight is 203 g/mol. The summed E-state index contributed by atoms with van der Waals surface area (Å²) in [7, 11) is 1.15. The van der Waals surface area contributed by atoms with Crippen LogP contribution in [0.1, 0.15) is 0 Å². The minimum Gasteiger partial charge on any atom is -0.377 e. The first-order valence-corrected chi connectivity index (χ1v) is 6.94. The lowest BCUT2D eigenvalue weighted by molar-refractivity contribution is 1.08. The lowest BCUT2D eigenvalue weighted by Crippen LogP contribution is -2.29. The Balaban J connectivity index is 2.62. The van der Waals surface area contributed by atoms with Crippen LogP contribution in [-0.2, 0) is 0 Å². The van der Waals surface area contributed by atoms with E-state index in [1.54, 1.807) is 0 Å². The Kier molecular flexibility index (Phi) is 4.20. The number of anilines is 1. The molecule has 0 radical (unpaired) electrons. The van der Waals surface area contributed by atoms with Gasteiger partial charge < -0.3 is 4.90 Å². The van der Waals surface area contributed by atoms with Crippen molar-refractivity contribution in [3.63, 3.8) is 0 Å². The van der Waals surface area contributed by atoms with Crippen LogP contribution in [0.4, 0.5) is 5.69 Å². The Morgan fingerprint density at radius 3 is 2.29 bits per heavy atom. The van der Waals surface area contributed by atoms with Gasteiger partial charge in [0, 0.05) is 18.9 Å². The molecule has 1 nitrogen and oxygen atoms in total. The van der Waals surface area contributed by atoms with E-state index in [2.05, 4.69) is 60.8 Å². The van der Waals surface area contributed by atoms with Crippen LogP contribution in [0.3, 0.4) is 0 Å². The summed E-state index contributed by atoms with van der Waals surface area (Å²) in [6.45, 7) is 7.68. The van der Waals surface area contributed by atoms with Crippen molar-refractivity contribution in [1.29, 1.82) is 0 Å². The SMILES string of the molecule is C=C[SiH](C=C)CN(C)c1ccccc1. The molecule has 1 aromatic rings. The molecular formula is C12H17NSi. The molecule has 0 atom stereocenters. The molecule has 14 heavy (non-hydrogen) atoms. The fourth-order valence-corrected chi connectivity index (χ4v) is 2.68. The molecule has 0 aliphatic rings. The minimum absolute atomic E-state index is 0.966.